The Balaban J connectivity index is 0. The van der Waals surface area contributed by atoms with E-state index in [9.17, 15) is 0 Å². The van der Waals surface area contributed by atoms with Gasteiger partial charge < -0.3 is 4.52 Å². The molecule has 1 aromatic heterocycles. The molecule has 0 saturated carbocycles. The Morgan fingerprint density at radius 1 is 0.824 bits per heavy atom. The van der Waals surface area contributed by atoms with E-state index in [0.29, 0.717) is 0 Å². The molecule has 96 valence electrons. The van der Waals surface area contributed by atoms with Crippen LogP contribution in [-0.4, -0.2) is 5.16 Å². The lowest BCUT2D eigenvalue weighted by Crippen LogP contribution is -1.62. The maximum atomic E-state index is 4.58. The Morgan fingerprint density at radius 3 is 1.53 bits per heavy atom. The minimum absolute atomic E-state index is 0.856. The largest absolute Gasteiger partial charge is 0.362 e. The fourth-order valence-corrected chi connectivity index (χ4v) is 0.814. The number of rotatable bonds is 0. The molecule has 2 rings (SSSR count). The topological polar surface area (TPSA) is 26.0 Å². The van der Waals surface area contributed by atoms with Crippen LogP contribution in [0.2, 0.25) is 0 Å². The summed E-state index contributed by atoms with van der Waals surface area (Å²) in [6.45, 7) is 11.9. The van der Waals surface area contributed by atoms with E-state index in [0.717, 1.165) is 5.76 Å². The molecule has 0 unspecified atom stereocenters. The molecule has 0 amide bonds. The second-order valence-corrected chi connectivity index (χ2v) is 2.78. The van der Waals surface area contributed by atoms with Crippen molar-refractivity contribution in [2.45, 2.75) is 41.5 Å². The summed E-state index contributed by atoms with van der Waals surface area (Å²) in [5, 5.41) is 3.45. The molecular weight excluding hydrogens is 210 g/mol. The third kappa shape index (κ3) is 12.4. The SMILES string of the molecule is CC.CC.Cc1ccccc1.Cc1ccno1. The van der Waals surface area contributed by atoms with Crippen LogP contribution in [0.5, 0.6) is 0 Å². The molecule has 2 heteroatoms. The molecule has 2 aromatic rings. The molecule has 0 radical (unpaired) electrons. The lowest BCUT2D eigenvalue weighted by Gasteiger charge is -1.82. The molecule has 0 aliphatic carbocycles. The molecule has 1 aromatic carbocycles. The van der Waals surface area contributed by atoms with E-state index in [1.807, 2.05) is 52.8 Å². The van der Waals surface area contributed by atoms with Crippen molar-refractivity contribution in [3.05, 3.63) is 53.9 Å². The first-order valence-corrected chi connectivity index (χ1v) is 6.18. The van der Waals surface area contributed by atoms with E-state index in [-0.39, 0.29) is 0 Å². The monoisotopic (exact) mass is 235 g/mol. The zero-order valence-corrected chi connectivity index (χ0v) is 11.9. The summed E-state index contributed by atoms with van der Waals surface area (Å²) in [4.78, 5) is 0. The van der Waals surface area contributed by atoms with E-state index < -0.39 is 0 Å². The summed E-state index contributed by atoms with van der Waals surface area (Å²) >= 11 is 0. The number of aryl methyl sites for hydroxylation is 2. The number of benzene rings is 1. The van der Waals surface area contributed by atoms with Gasteiger partial charge in [-0.05, 0) is 13.8 Å². The van der Waals surface area contributed by atoms with Crippen LogP contribution in [0.25, 0.3) is 0 Å². The summed E-state index contributed by atoms with van der Waals surface area (Å²) in [5.41, 5.74) is 1.32. The van der Waals surface area contributed by atoms with Crippen molar-refractivity contribution in [3.8, 4) is 0 Å². The van der Waals surface area contributed by atoms with E-state index in [2.05, 4.69) is 28.7 Å². The molecule has 0 fully saturated rings. The summed E-state index contributed by atoms with van der Waals surface area (Å²) in [7, 11) is 0. The second kappa shape index (κ2) is 14.4. The van der Waals surface area contributed by atoms with Gasteiger partial charge >= 0.3 is 0 Å². The van der Waals surface area contributed by atoms with Gasteiger partial charge in [-0.25, -0.2) is 0 Å². The van der Waals surface area contributed by atoms with Gasteiger partial charge in [0.25, 0.3) is 0 Å². The molecular formula is C15H25NO. The molecule has 1 heterocycles. The van der Waals surface area contributed by atoms with Crippen molar-refractivity contribution < 1.29 is 4.52 Å². The fourth-order valence-electron chi connectivity index (χ4n) is 0.814. The van der Waals surface area contributed by atoms with Crippen LogP contribution in [0.4, 0.5) is 0 Å². The van der Waals surface area contributed by atoms with Gasteiger partial charge in [0.2, 0.25) is 0 Å². The molecule has 0 atom stereocenters. The number of hydrogen-bond donors (Lipinski definition) is 0. The van der Waals surface area contributed by atoms with Crippen LogP contribution in [0, 0.1) is 13.8 Å². The summed E-state index contributed by atoms with van der Waals surface area (Å²) < 4.78 is 4.58. The lowest BCUT2D eigenvalue weighted by molar-refractivity contribution is 0.397. The van der Waals surface area contributed by atoms with Crippen molar-refractivity contribution in [1.82, 2.24) is 5.16 Å². The van der Waals surface area contributed by atoms with Gasteiger partial charge in [0.1, 0.15) is 5.76 Å². The Labute approximate surface area is 106 Å². The number of aromatic nitrogens is 1. The predicted molar refractivity (Wildman–Crippen MR) is 75.1 cm³/mol. The normalized spacial score (nSPS) is 7.41. The highest BCUT2D eigenvalue weighted by atomic mass is 16.5. The van der Waals surface area contributed by atoms with E-state index in [4.69, 9.17) is 0 Å². The third-order valence-electron chi connectivity index (χ3n) is 1.51. The molecule has 0 aliphatic rings. The Morgan fingerprint density at radius 2 is 1.35 bits per heavy atom. The Hall–Kier alpha value is -1.57. The average molecular weight is 235 g/mol. The maximum Gasteiger partial charge on any atom is 0.133 e. The molecule has 0 bridgehead atoms. The maximum absolute atomic E-state index is 4.58. The summed E-state index contributed by atoms with van der Waals surface area (Å²) in [6, 6.07) is 12.1. The quantitative estimate of drug-likeness (QED) is 0.640. The predicted octanol–water partition coefficient (Wildman–Crippen LogP) is 5.03. The summed E-state index contributed by atoms with van der Waals surface area (Å²) in [5.74, 6) is 0.856. The van der Waals surface area contributed by atoms with Gasteiger partial charge in [0.15, 0.2) is 0 Å². The summed E-state index contributed by atoms with van der Waals surface area (Å²) in [6.07, 6.45) is 1.62. The van der Waals surface area contributed by atoms with Gasteiger partial charge in [0, 0.05) is 6.07 Å². The molecule has 0 N–H and O–H groups in total. The highest BCUT2D eigenvalue weighted by Gasteiger charge is 1.78. The zero-order valence-electron chi connectivity index (χ0n) is 11.9. The Bertz CT molecular complexity index is 314. The molecule has 2 nitrogen and oxygen atoms in total. The number of hydrogen-bond acceptors (Lipinski definition) is 2. The molecule has 0 spiro atoms. The molecule has 0 saturated heterocycles. The first-order chi connectivity index (χ1) is 8.29. The first-order valence-electron chi connectivity index (χ1n) is 6.18. The van der Waals surface area contributed by atoms with E-state index in [1.165, 1.54) is 5.56 Å². The smallest absolute Gasteiger partial charge is 0.133 e. The van der Waals surface area contributed by atoms with Gasteiger partial charge in [0.05, 0.1) is 6.20 Å². The highest BCUT2D eigenvalue weighted by molar-refractivity contribution is 5.11. The van der Waals surface area contributed by atoms with Crippen LogP contribution in [0.3, 0.4) is 0 Å². The van der Waals surface area contributed by atoms with E-state index in [1.54, 1.807) is 12.3 Å². The minimum atomic E-state index is 0.856. The zero-order chi connectivity index (χ0) is 13.5. The standard InChI is InChI=1S/C7H8.C4H5NO.2C2H6/c1-7-5-3-2-4-6-7;1-4-2-3-5-6-4;2*1-2/h2-6H,1H3;2-3H,1H3;2*1-2H3. The number of nitrogens with zero attached hydrogens (tertiary/aromatic N) is 1. The van der Waals surface area contributed by atoms with Crippen LogP contribution in [-0.2, 0) is 0 Å². The fraction of sp³-hybridized carbons (Fsp3) is 0.400. The Kier molecular flexibility index (Phi) is 15.1. The van der Waals surface area contributed by atoms with Crippen molar-refractivity contribution >= 4 is 0 Å². The first kappa shape index (κ1) is 17.8. The minimum Gasteiger partial charge on any atom is -0.362 e. The van der Waals surface area contributed by atoms with Gasteiger partial charge in [-0.3, -0.25) is 0 Å². The van der Waals surface area contributed by atoms with Gasteiger partial charge in [-0.2, -0.15) is 0 Å². The molecule has 0 aliphatic heterocycles. The molecule has 17 heavy (non-hydrogen) atoms. The van der Waals surface area contributed by atoms with E-state index >= 15 is 0 Å². The van der Waals surface area contributed by atoms with Crippen LogP contribution >= 0.6 is 0 Å². The van der Waals surface area contributed by atoms with Crippen molar-refractivity contribution in [2.24, 2.45) is 0 Å². The van der Waals surface area contributed by atoms with Gasteiger partial charge in [-0.15, -0.1) is 0 Å². The second-order valence-electron chi connectivity index (χ2n) is 2.78. The van der Waals surface area contributed by atoms with Gasteiger partial charge in [-0.1, -0.05) is 68.7 Å². The van der Waals surface area contributed by atoms with Crippen LogP contribution in [0.1, 0.15) is 39.0 Å². The third-order valence-corrected chi connectivity index (χ3v) is 1.51. The van der Waals surface area contributed by atoms with Crippen molar-refractivity contribution in [1.29, 1.82) is 0 Å². The van der Waals surface area contributed by atoms with Crippen LogP contribution < -0.4 is 0 Å². The highest BCUT2D eigenvalue weighted by Crippen LogP contribution is 1.92. The van der Waals surface area contributed by atoms with Crippen molar-refractivity contribution in [2.75, 3.05) is 0 Å². The van der Waals surface area contributed by atoms with Crippen LogP contribution in [0.15, 0.2) is 47.1 Å². The lowest BCUT2D eigenvalue weighted by atomic mass is 10.2. The van der Waals surface area contributed by atoms with Crippen molar-refractivity contribution in [3.63, 3.8) is 0 Å². The average Bonchev–Trinajstić information content (AvgIpc) is 2.87.